The first kappa shape index (κ1) is 14.6. The summed E-state index contributed by atoms with van der Waals surface area (Å²) < 4.78 is 35.6. The van der Waals surface area contributed by atoms with Crippen LogP contribution in [0.1, 0.15) is 10.4 Å². The molecule has 18 heavy (non-hydrogen) atoms. The molecule has 2 N–H and O–H groups in total. The van der Waals surface area contributed by atoms with Gasteiger partial charge in [-0.25, -0.2) is 4.98 Å². The van der Waals surface area contributed by atoms with E-state index in [2.05, 4.69) is 15.6 Å². The summed E-state index contributed by atoms with van der Waals surface area (Å²) >= 11 is -0.165. The number of hydrogen-bond acceptors (Lipinski definition) is 4. The fraction of sp³-hybridized carbons (Fsp3) is 0.400. The fourth-order valence-electron chi connectivity index (χ4n) is 1.21. The molecule has 0 unspecified atom stereocenters. The van der Waals surface area contributed by atoms with E-state index in [-0.39, 0.29) is 24.1 Å². The Kier molecular flexibility index (Phi) is 5.26. The van der Waals surface area contributed by atoms with Gasteiger partial charge in [-0.3, -0.25) is 4.79 Å². The summed E-state index contributed by atoms with van der Waals surface area (Å²) in [4.78, 5) is 15.6. The van der Waals surface area contributed by atoms with E-state index in [1.807, 2.05) is 0 Å². The third kappa shape index (κ3) is 4.82. The van der Waals surface area contributed by atoms with Gasteiger partial charge in [0.05, 0.1) is 5.56 Å². The van der Waals surface area contributed by atoms with E-state index in [1.54, 1.807) is 19.2 Å². The van der Waals surface area contributed by atoms with Crippen LogP contribution >= 0.6 is 11.8 Å². The Bertz CT molecular complexity index is 412. The predicted octanol–water partition coefficient (Wildman–Crippen LogP) is 2.11. The zero-order valence-electron chi connectivity index (χ0n) is 9.54. The average Bonchev–Trinajstić information content (AvgIpc) is 2.33. The van der Waals surface area contributed by atoms with Gasteiger partial charge in [0.2, 0.25) is 0 Å². The zero-order valence-corrected chi connectivity index (χ0v) is 10.4. The highest BCUT2D eigenvalue weighted by Gasteiger charge is 2.27. The van der Waals surface area contributed by atoms with Crippen molar-refractivity contribution in [2.24, 2.45) is 0 Å². The molecule has 0 spiro atoms. The van der Waals surface area contributed by atoms with E-state index >= 15 is 0 Å². The molecule has 1 rings (SSSR count). The van der Waals surface area contributed by atoms with Gasteiger partial charge < -0.3 is 10.6 Å². The van der Waals surface area contributed by atoms with Crippen molar-refractivity contribution in [2.75, 3.05) is 24.7 Å². The second kappa shape index (κ2) is 6.48. The number of pyridine rings is 1. The monoisotopic (exact) mass is 279 g/mol. The van der Waals surface area contributed by atoms with Gasteiger partial charge in [0.1, 0.15) is 5.82 Å². The molecule has 8 heteroatoms. The number of thioether (sulfide) groups is 1. The number of aromatic nitrogens is 1. The van der Waals surface area contributed by atoms with Crippen LogP contribution in [0, 0.1) is 0 Å². The van der Waals surface area contributed by atoms with Crippen molar-refractivity contribution in [2.45, 2.75) is 5.51 Å². The maximum absolute atomic E-state index is 11.9. The van der Waals surface area contributed by atoms with Crippen LogP contribution in [0.3, 0.4) is 0 Å². The summed E-state index contributed by atoms with van der Waals surface area (Å²) in [6.45, 7) is -0.0545. The summed E-state index contributed by atoms with van der Waals surface area (Å²) in [6, 6.07) is 3.13. The van der Waals surface area contributed by atoms with Crippen molar-refractivity contribution in [3.63, 3.8) is 0 Å². The van der Waals surface area contributed by atoms with Gasteiger partial charge >= 0.3 is 5.51 Å². The molecule has 100 valence electrons. The minimum atomic E-state index is -4.27. The predicted molar refractivity (Wildman–Crippen MR) is 64.6 cm³/mol. The average molecular weight is 279 g/mol. The molecule has 1 aromatic heterocycles. The normalized spacial score (nSPS) is 11.1. The van der Waals surface area contributed by atoms with E-state index in [0.29, 0.717) is 11.4 Å². The molecule has 1 amide bonds. The van der Waals surface area contributed by atoms with E-state index in [0.717, 1.165) is 0 Å². The van der Waals surface area contributed by atoms with Gasteiger partial charge in [-0.15, -0.1) is 0 Å². The number of nitrogens with zero attached hydrogens (tertiary/aromatic N) is 1. The molecular weight excluding hydrogens is 267 g/mol. The second-order valence-electron chi connectivity index (χ2n) is 3.20. The standard InChI is InChI=1S/C10H12F3N3OS/c1-14-8-7(3-2-4-15-8)9(17)16-5-6-18-10(11,12)13/h2-4H,5-6H2,1H3,(H,14,15)(H,16,17). The first-order chi connectivity index (χ1) is 8.44. The molecule has 0 aliphatic carbocycles. The van der Waals surface area contributed by atoms with Crippen LogP contribution in [0.15, 0.2) is 18.3 Å². The molecule has 0 aliphatic rings. The maximum atomic E-state index is 11.9. The number of carbonyl (C=O) groups is 1. The lowest BCUT2D eigenvalue weighted by atomic mass is 10.2. The number of hydrogen-bond donors (Lipinski definition) is 2. The fourth-order valence-corrected chi connectivity index (χ4v) is 1.65. The van der Waals surface area contributed by atoms with Crippen molar-refractivity contribution in [3.8, 4) is 0 Å². The molecule has 0 saturated carbocycles. The smallest absolute Gasteiger partial charge is 0.372 e. The lowest BCUT2D eigenvalue weighted by molar-refractivity contribution is -0.0327. The van der Waals surface area contributed by atoms with Crippen molar-refractivity contribution >= 4 is 23.5 Å². The Labute approximate surface area is 106 Å². The Balaban J connectivity index is 2.46. The Morgan fingerprint density at radius 2 is 2.22 bits per heavy atom. The number of nitrogens with one attached hydrogen (secondary N) is 2. The van der Waals surface area contributed by atoms with Crippen molar-refractivity contribution in [1.82, 2.24) is 10.3 Å². The highest BCUT2D eigenvalue weighted by atomic mass is 32.2. The van der Waals surface area contributed by atoms with Gasteiger partial charge in [-0.2, -0.15) is 13.2 Å². The number of anilines is 1. The molecule has 0 saturated heterocycles. The lowest BCUT2D eigenvalue weighted by Gasteiger charge is -2.09. The van der Waals surface area contributed by atoms with Crippen LogP contribution in [0.4, 0.5) is 19.0 Å². The van der Waals surface area contributed by atoms with E-state index < -0.39 is 11.4 Å². The first-order valence-electron chi connectivity index (χ1n) is 5.05. The molecule has 0 radical (unpaired) electrons. The highest BCUT2D eigenvalue weighted by molar-refractivity contribution is 8.00. The van der Waals surface area contributed by atoms with Gasteiger partial charge in [0.15, 0.2) is 0 Å². The van der Waals surface area contributed by atoms with E-state index in [1.165, 1.54) is 6.20 Å². The highest BCUT2D eigenvalue weighted by Crippen LogP contribution is 2.29. The van der Waals surface area contributed by atoms with Crippen molar-refractivity contribution in [3.05, 3.63) is 23.9 Å². The number of alkyl halides is 3. The molecule has 0 aliphatic heterocycles. The second-order valence-corrected chi connectivity index (χ2v) is 4.36. The molecule has 0 fully saturated rings. The molecule has 0 aromatic carbocycles. The SMILES string of the molecule is CNc1ncccc1C(=O)NCCSC(F)(F)F. The van der Waals surface area contributed by atoms with E-state index in [4.69, 9.17) is 0 Å². The van der Waals surface area contributed by atoms with Crippen LogP contribution in [-0.4, -0.2) is 35.7 Å². The van der Waals surface area contributed by atoms with Gasteiger partial charge in [-0.05, 0) is 23.9 Å². The van der Waals surface area contributed by atoms with Crippen molar-refractivity contribution in [1.29, 1.82) is 0 Å². The maximum Gasteiger partial charge on any atom is 0.441 e. The number of amides is 1. The Morgan fingerprint density at radius 1 is 1.50 bits per heavy atom. The largest absolute Gasteiger partial charge is 0.441 e. The molecule has 0 bridgehead atoms. The minimum Gasteiger partial charge on any atom is -0.372 e. The number of halogens is 3. The number of carbonyl (C=O) groups excluding carboxylic acids is 1. The third-order valence-electron chi connectivity index (χ3n) is 1.94. The molecule has 0 atom stereocenters. The summed E-state index contributed by atoms with van der Waals surface area (Å²) in [7, 11) is 1.61. The van der Waals surface area contributed by atoms with Gasteiger partial charge in [0.25, 0.3) is 5.91 Å². The number of rotatable bonds is 5. The third-order valence-corrected chi connectivity index (χ3v) is 2.68. The quantitative estimate of drug-likeness (QED) is 0.811. The minimum absolute atomic E-state index is 0.0545. The van der Waals surface area contributed by atoms with Crippen LogP contribution in [0.2, 0.25) is 0 Å². The Morgan fingerprint density at radius 3 is 2.83 bits per heavy atom. The van der Waals surface area contributed by atoms with Gasteiger partial charge in [0, 0.05) is 25.5 Å². The summed E-state index contributed by atoms with van der Waals surface area (Å²) in [6.07, 6.45) is 1.52. The van der Waals surface area contributed by atoms with Crippen molar-refractivity contribution < 1.29 is 18.0 Å². The topological polar surface area (TPSA) is 54.0 Å². The van der Waals surface area contributed by atoms with Crippen LogP contribution in [0.5, 0.6) is 0 Å². The summed E-state index contributed by atoms with van der Waals surface area (Å²) in [5.41, 5.74) is -3.97. The zero-order chi connectivity index (χ0) is 13.6. The summed E-state index contributed by atoms with van der Waals surface area (Å²) in [5.74, 6) is -0.279. The molecular formula is C10H12F3N3OS. The van der Waals surface area contributed by atoms with Gasteiger partial charge in [-0.1, -0.05) is 0 Å². The summed E-state index contributed by atoms with van der Waals surface area (Å²) in [5, 5.41) is 5.14. The van der Waals surface area contributed by atoms with Crippen LogP contribution in [-0.2, 0) is 0 Å². The van der Waals surface area contributed by atoms with Crippen LogP contribution in [0.25, 0.3) is 0 Å². The first-order valence-corrected chi connectivity index (χ1v) is 6.04. The molecule has 1 aromatic rings. The van der Waals surface area contributed by atoms with E-state index in [9.17, 15) is 18.0 Å². The lowest BCUT2D eigenvalue weighted by Crippen LogP contribution is -2.27. The Hall–Kier alpha value is -1.44. The molecule has 1 heterocycles. The van der Waals surface area contributed by atoms with Crippen LogP contribution < -0.4 is 10.6 Å². The molecule has 4 nitrogen and oxygen atoms in total.